The Labute approximate surface area is 161 Å². The van der Waals surface area contributed by atoms with Gasteiger partial charge in [0.05, 0.1) is 25.0 Å². The predicted molar refractivity (Wildman–Crippen MR) is 101 cm³/mol. The minimum absolute atomic E-state index is 0.0139. The molecule has 0 spiro atoms. The van der Waals surface area contributed by atoms with E-state index in [0.717, 1.165) is 22.7 Å². The van der Waals surface area contributed by atoms with Gasteiger partial charge in [0.25, 0.3) is 5.91 Å². The Morgan fingerprint density at radius 2 is 2.11 bits per heavy atom. The minimum Gasteiger partial charge on any atom is -0.497 e. The summed E-state index contributed by atoms with van der Waals surface area (Å²) in [5.74, 6) is 0.320. The number of hydrogen-bond acceptors (Lipinski definition) is 4. The summed E-state index contributed by atoms with van der Waals surface area (Å²) in [6.07, 6.45) is -0.963. The summed E-state index contributed by atoms with van der Waals surface area (Å²) < 4.78 is 19.2. The van der Waals surface area contributed by atoms with Crippen LogP contribution in [0.15, 0.2) is 48.5 Å². The molecule has 0 saturated heterocycles. The van der Waals surface area contributed by atoms with Gasteiger partial charge in [0.1, 0.15) is 17.4 Å². The van der Waals surface area contributed by atoms with Gasteiger partial charge in [0.15, 0.2) is 6.10 Å². The first-order valence-electron chi connectivity index (χ1n) is 9.00. The zero-order valence-electron chi connectivity index (χ0n) is 15.4. The molecule has 28 heavy (non-hydrogen) atoms. The van der Waals surface area contributed by atoms with Gasteiger partial charge in [-0.3, -0.25) is 4.79 Å². The second kappa shape index (κ2) is 7.44. The summed E-state index contributed by atoms with van der Waals surface area (Å²) in [7, 11) is 1.61. The molecule has 0 aliphatic carbocycles. The van der Waals surface area contributed by atoms with Crippen LogP contribution in [-0.2, 0) is 17.8 Å². The molecule has 1 amide bonds. The first kappa shape index (κ1) is 18.2. The van der Waals surface area contributed by atoms with E-state index in [4.69, 9.17) is 4.74 Å². The zero-order valence-corrected chi connectivity index (χ0v) is 15.4. The van der Waals surface area contributed by atoms with Crippen molar-refractivity contribution in [2.24, 2.45) is 0 Å². The van der Waals surface area contributed by atoms with Crippen molar-refractivity contribution in [1.29, 1.82) is 0 Å². The van der Waals surface area contributed by atoms with Crippen molar-refractivity contribution in [3.63, 3.8) is 0 Å². The lowest BCUT2D eigenvalue weighted by atomic mass is 10.1. The molecular weight excluding hydrogens is 361 g/mol. The Morgan fingerprint density at radius 3 is 2.89 bits per heavy atom. The summed E-state index contributed by atoms with van der Waals surface area (Å²) in [4.78, 5) is 22.1. The molecule has 1 atom stereocenters. The van der Waals surface area contributed by atoms with E-state index in [9.17, 15) is 14.3 Å². The summed E-state index contributed by atoms with van der Waals surface area (Å²) in [6.45, 7) is 0.705. The van der Waals surface area contributed by atoms with Crippen molar-refractivity contribution in [2.45, 2.75) is 19.1 Å². The van der Waals surface area contributed by atoms with E-state index >= 15 is 0 Å². The number of amides is 1. The molecule has 0 fully saturated rings. The first-order chi connectivity index (χ1) is 13.6. The van der Waals surface area contributed by atoms with Crippen molar-refractivity contribution in [1.82, 2.24) is 14.9 Å². The fraction of sp³-hybridized carbons (Fsp3) is 0.238. The van der Waals surface area contributed by atoms with Crippen LogP contribution in [-0.4, -0.2) is 39.5 Å². The molecule has 1 aliphatic rings. The van der Waals surface area contributed by atoms with E-state index in [-0.39, 0.29) is 12.1 Å². The lowest BCUT2D eigenvalue weighted by Crippen LogP contribution is -2.39. The van der Waals surface area contributed by atoms with E-state index in [1.807, 2.05) is 24.3 Å². The smallest absolute Gasteiger partial charge is 0.256 e. The molecule has 0 radical (unpaired) electrons. The van der Waals surface area contributed by atoms with Crippen LogP contribution in [0, 0.1) is 5.82 Å². The average Bonchev–Trinajstić information content (AvgIpc) is 3.16. The van der Waals surface area contributed by atoms with Gasteiger partial charge in [-0.1, -0.05) is 30.3 Å². The standard InChI is InChI=1S/C21H20FN3O3/c1-28-14-6-4-5-13(11-14)20-23-17-9-10-25(12-18(17)24-20)21(27)19(26)15-7-2-3-8-16(15)22/h2-8,11,19,26H,9-10,12H2,1H3,(H,23,24)/t19-/m0/s1. The quantitative estimate of drug-likeness (QED) is 0.729. The van der Waals surface area contributed by atoms with Gasteiger partial charge in [-0.2, -0.15) is 0 Å². The number of methoxy groups -OCH3 is 1. The monoisotopic (exact) mass is 381 g/mol. The number of aromatic amines is 1. The molecule has 0 bridgehead atoms. The van der Waals surface area contributed by atoms with Crippen LogP contribution in [0.3, 0.4) is 0 Å². The van der Waals surface area contributed by atoms with Crippen LogP contribution in [0.2, 0.25) is 0 Å². The van der Waals surface area contributed by atoms with Gasteiger partial charge in [-0.05, 0) is 18.2 Å². The lowest BCUT2D eigenvalue weighted by molar-refractivity contribution is -0.141. The normalized spacial score (nSPS) is 14.5. The number of aliphatic hydroxyl groups excluding tert-OH is 1. The van der Waals surface area contributed by atoms with E-state index in [2.05, 4.69) is 9.97 Å². The van der Waals surface area contributed by atoms with Crippen molar-refractivity contribution < 1.29 is 19.0 Å². The lowest BCUT2D eigenvalue weighted by Gasteiger charge is -2.28. The fourth-order valence-electron chi connectivity index (χ4n) is 3.39. The maximum atomic E-state index is 13.9. The molecule has 1 aliphatic heterocycles. The molecule has 144 valence electrons. The number of ether oxygens (including phenoxy) is 1. The highest BCUT2D eigenvalue weighted by atomic mass is 19.1. The average molecular weight is 381 g/mol. The third-order valence-corrected chi connectivity index (χ3v) is 4.92. The second-order valence-corrected chi connectivity index (χ2v) is 6.68. The predicted octanol–water partition coefficient (Wildman–Crippen LogP) is 2.84. The molecular formula is C21H20FN3O3. The summed E-state index contributed by atoms with van der Waals surface area (Å²) in [6, 6.07) is 13.3. The summed E-state index contributed by atoms with van der Waals surface area (Å²) in [5, 5.41) is 10.3. The summed E-state index contributed by atoms with van der Waals surface area (Å²) in [5.41, 5.74) is 2.58. The number of carbonyl (C=O) groups excluding carboxylic acids is 1. The molecule has 0 saturated carbocycles. The van der Waals surface area contributed by atoms with Crippen LogP contribution in [0.5, 0.6) is 5.75 Å². The van der Waals surface area contributed by atoms with Crippen LogP contribution >= 0.6 is 0 Å². The molecule has 0 unspecified atom stereocenters. The first-order valence-corrected chi connectivity index (χ1v) is 9.00. The van der Waals surface area contributed by atoms with Gasteiger partial charge in [-0.25, -0.2) is 9.37 Å². The van der Waals surface area contributed by atoms with Crippen molar-refractivity contribution in [3.8, 4) is 17.1 Å². The zero-order chi connectivity index (χ0) is 19.7. The van der Waals surface area contributed by atoms with Crippen LogP contribution in [0.4, 0.5) is 4.39 Å². The largest absolute Gasteiger partial charge is 0.497 e. The Kier molecular flexibility index (Phi) is 4.83. The highest BCUT2D eigenvalue weighted by Crippen LogP contribution is 2.27. The number of carbonyl (C=O) groups is 1. The number of benzene rings is 2. The fourth-order valence-corrected chi connectivity index (χ4v) is 3.39. The maximum Gasteiger partial charge on any atom is 0.256 e. The van der Waals surface area contributed by atoms with Gasteiger partial charge < -0.3 is 19.7 Å². The molecule has 2 aromatic carbocycles. The van der Waals surface area contributed by atoms with Gasteiger partial charge in [0, 0.05) is 24.1 Å². The van der Waals surface area contributed by atoms with Gasteiger partial charge in [-0.15, -0.1) is 0 Å². The highest BCUT2D eigenvalue weighted by Gasteiger charge is 2.30. The Balaban J connectivity index is 1.54. The number of halogens is 1. The number of nitrogens with zero attached hydrogens (tertiary/aromatic N) is 2. The maximum absolute atomic E-state index is 13.9. The second-order valence-electron chi connectivity index (χ2n) is 6.68. The number of fused-ring (bicyclic) bond motifs is 1. The van der Waals surface area contributed by atoms with Crippen LogP contribution in [0.25, 0.3) is 11.4 Å². The van der Waals surface area contributed by atoms with Gasteiger partial charge in [0.2, 0.25) is 0 Å². The number of hydrogen-bond donors (Lipinski definition) is 2. The molecule has 4 rings (SSSR count). The van der Waals surface area contributed by atoms with Crippen molar-refractivity contribution in [3.05, 3.63) is 71.3 Å². The molecule has 6 nitrogen and oxygen atoms in total. The molecule has 7 heteroatoms. The van der Waals surface area contributed by atoms with Gasteiger partial charge >= 0.3 is 0 Å². The number of rotatable bonds is 4. The Bertz CT molecular complexity index is 1020. The molecule has 2 heterocycles. The molecule has 2 N–H and O–H groups in total. The van der Waals surface area contributed by atoms with E-state index in [1.165, 1.54) is 23.1 Å². The Hall–Kier alpha value is -3.19. The number of imidazole rings is 1. The van der Waals surface area contributed by atoms with E-state index in [0.29, 0.717) is 18.8 Å². The highest BCUT2D eigenvalue weighted by molar-refractivity contribution is 5.82. The number of aliphatic hydroxyl groups is 1. The van der Waals surface area contributed by atoms with E-state index in [1.54, 1.807) is 13.2 Å². The number of nitrogens with one attached hydrogen (secondary N) is 1. The number of aromatic nitrogens is 2. The summed E-state index contributed by atoms with van der Waals surface area (Å²) >= 11 is 0. The van der Waals surface area contributed by atoms with E-state index < -0.39 is 17.8 Å². The molecule has 1 aromatic heterocycles. The van der Waals surface area contributed by atoms with Crippen LogP contribution in [0.1, 0.15) is 23.1 Å². The number of H-pyrrole nitrogens is 1. The SMILES string of the molecule is COc1cccc(-c2nc3c([nH]2)CN(C(=O)[C@@H](O)c2ccccc2F)CC3)c1. The molecule has 3 aromatic rings. The third kappa shape index (κ3) is 3.36. The Morgan fingerprint density at radius 1 is 1.29 bits per heavy atom. The third-order valence-electron chi connectivity index (χ3n) is 4.92. The van der Waals surface area contributed by atoms with Crippen molar-refractivity contribution >= 4 is 5.91 Å². The topological polar surface area (TPSA) is 78.5 Å². The van der Waals surface area contributed by atoms with Crippen molar-refractivity contribution in [2.75, 3.05) is 13.7 Å². The minimum atomic E-state index is -1.52. The van der Waals surface area contributed by atoms with Crippen LogP contribution < -0.4 is 4.74 Å².